The number of aromatic nitrogens is 3. The molecule has 3 rings (SSSR count). The molecule has 0 aliphatic rings. The van der Waals surface area contributed by atoms with Gasteiger partial charge in [-0.15, -0.1) is 0 Å². The number of rotatable bonds is 2. The molecule has 102 valence electrons. The Morgan fingerprint density at radius 1 is 1.25 bits per heavy atom. The van der Waals surface area contributed by atoms with Crippen molar-refractivity contribution in [1.29, 1.82) is 0 Å². The Morgan fingerprint density at radius 3 is 2.70 bits per heavy atom. The average molecular weight is 269 g/mol. The molecule has 0 amide bonds. The number of carbonyl (C=O) groups is 1. The first kappa shape index (κ1) is 12.5. The van der Waals surface area contributed by atoms with Crippen molar-refractivity contribution in [2.24, 2.45) is 0 Å². The van der Waals surface area contributed by atoms with Crippen molar-refractivity contribution in [3.05, 3.63) is 47.4 Å². The molecule has 5 nitrogen and oxygen atoms in total. The minimum Gasteiger partial charge on any atom is -0.497 e. The molecule has 0 radical (unpaired) electrons. The molecule has 0 fully saturated rings. The third-order valence-corrected chi connectivity index (χ3v) is 3.26. The Labute approximate surface area is 116 Å². The molecule has 0 aliphatic carbocycles. The third kappa shape index (κ3) is 1.97. The van der Waals surface area contributed by atoms with Crippen LogP contribution in [0.15, 0.2) is 30.3 Å². The Hall–Kier alpha value is -2.56. The molecule has 5 heteroatoms. The summed E-state index contributed by atoms with van der Waals surface area (Å²) in [6.45, 7) is 3.73. The van der Waals surface area contributed by atoms with Gasteiger partial charge >= 0.3 is 0 Å². The zero-order valence-corrected chi connectivity index (χ0v) is 11.6. The molecule has 1 aromatic carbocycles. The van der Waals surface area contributed by atoms with Gasteiger partial charge in [0.25, 0.3) is 5.91 Å². The quantitative estimate of drug-likeness (QED) is 0.778. The molecule has 1 N–H and O–H groups in total. The van der Waals surface area contributed by atoms with Crippen molar-refractivity contribution in [2.45, 2.75) is 13.8 Å². The van der Waals surface area contributed by atoms with E-state index in [-0.39, 0.29) is 5.91 Å². The Kier molecular flexibility index (Phi) is 2.82. The predicted molar refractivity (Wildman–Crippen MR) is 76.3 cm³/mol. The molecule has 0 spiro atoms. The molecular formula is C15H15N3O2. The van der Waals surface area contributed by atoms with E-state index in [0.717, 1.165) is 28.0 Å². The van der Waals surface area contributed by atoms with Crippen LogP contribution in [0.2, 0.25) is 0 Å². The number of ether oxygens (including phenoxy) is 1. The number of H-pyrrole nitrogens is 1. The molecule has 2 heterocycles. The smallest absolute Gasteiger partial charge is 0.294 e. The van der Waals surface area contributed by atoms with Crippen molar-refractivity contribution < 1.29 is 9.53 Å². The van der Waals surface area contributed by atoms with Gasteiger partial charge in [-0.25, -0.2) is 0 Å². The van der Waals surface area contributed by atoms with Gasteiger partial charge in [0.15, 0.2) is 0 Å². The summed E-state index contributed by atoms with van der Waals surface area (Å²) in [6.07, 6.45) is 0. The normalized spacial score (nSPS) is 10.9. The van der Waals surface area contributed by atoms with Crippen molar-refractivity contribution in [2.75, 3.05) is 7.11 Å². The second-order valence-corrected chi connectivity index (χ2v) is 4.78. The van der Waals surface area contributed by atoms with Crippen molar-refractivity contribution >= 4 is 16.8 Å². The van der Waals surface area contributed by atoms with Gasteiger partial charge in [-0.2, -0.15) is 9.78 Å². The highest BCUT2D eigenvalue weighted by atomic mass is 16.5. The first-order valence-electron chi connectivity index (χ1n) is 6.33. The van der Waals surface area contributed by atoms with Gasteiger partial charge in [0, 0.05) is 16.6 Å². The molecule has 20 heavy (non-hydrogen) atoms. The molecule has 0 aliphatic heterocycles. The van der Waals surface area contributed by atoms with E-state index in [2.05, 4.69) is 10.1 Å². The van der Waals surface area contributed by atoms with Crippen LogP contribution in [0.5, 0.6) is 5.75 Å². The fraction of sp³-hybridized carbons (Fsp3) is 0.200. The summed E-state index contributed by atoms with van der Waals surface area (Å²) in [5.74, 6) is 0.604. The highest BCUT2D eigenvalue weighted by Gasteiger charge is 2.15. The zero-order chi connectivity index (χ0) is 14.3. The standard InChI is InChI=1S/C15H15N3O2/c1-9-6-10(2)18(17-9)15(19)14-8-11-7-12(20-3)4-5-13(11)16-14/h4-8,16H,1-3H3. The van der Waals surface area contributed by atoms with Crippen LogP contribution in [-0.4, -0.2) is 27.8 Å². The summed E-state index contributed by atoms with van der Waals surface area (Å²) >= 11 is 0. The monoisotopic (exact) mass is 269 g/mol. The molecule has 0 bridgehead atoms. The van der Waals surface area contributed by atoms with Gasteiger partial charge in [-0.3, -0.25) is 4.79 Å². The lowest BCUT2D eigenvalue weighted by Gasteiger charge is -1.99. The van der Waals surface area contributed by atoms with E-state index in [4.69, 9.17) is 4.74 Å². The lowest BCUT2D eigenvalue weighted by atomic mass is 10.2. The topological polar surface area (TPSA) is 59.9 Å². The number of fused-ring (bicyclic) bond motifs is 1. The number of carbonyl (C=O) groups excluding carboxylic acids is 1. The number of aromatic amines is 1. The third-order valence-electron chi connectivity index (χ3n) is 3.26. The van der Waals surface area contributed by atoms with Crippen LogP contribution in [0.1, 0.15) is 21.9 Å². The lowest BCUT2D eigenvalue weighted by molar-refractivity contribution is 0.0938. The minimum atomic E-state index is -0.161. The van der Waals surface area contributed by atoms with E-state index in [1.807, 2.05) is 44.2 Å². The van der Waals surface area contributed by atoms with E-state index in [1.165, 1.54) is 4.68 Å². The average Bonchev–Trinajstić information content (AvgIpc) is 3.00. The van der Waals surface area contributed by atoms with E-state index in [1.54, 1.807) is 7.11 Å². The number of nitrogens with one attached hydrogen (secondary N) is 1. The van der Waals surface area contributed by atoms with Gasteiger partial charge in [0.2, 0.25) is 0 Å². The summed E-state index contributed by atoms with van der Waals surface area (Å²) in [4.78, 5) is 15.6. The van der Waals surface area contributed by atoms with Gasteiger partial charge in [0.1, 0.15) is 11.4 Å². The Bertz CT molecular complexity index is 799. The maximum atomic E-state index is 12.4. The van der Waals surface area contributed by atoms with E-state index in [9.17, 15) is 4.79 Å². The van der Waals surface area contributed by atoms with Crippen molar-refractivity contribution in [3.8, 4) is 5.75 Å². The number of benzene rings is 1. The van der Waals surface area contributed by atoms with Crippen molar-refractivity contribution in [3.63, 3.8) is 0 Å². The van der Waals surface area contributed by atoms with Crippen LogP contribution in [-0.2, 0) is 0 Å². The maximum Gasteiger partial charge on any atom is 0.294 e. The van der Waals surface area contributed by atoms with Crippen LogP contribution in [0.25, 0.3) is 10.9 Å². The van der Waals surface area contributed by atoms with Crippen LogP contribution in [0.4, 0.5) is 0 Å². The molecule has 0 atom stereocenters. The van der Waals surface area contributed by atoms with E-state index in [0.29, 0.717) is 5.69 Å². The van der Waals surface area contributed by atoms with E-state index < -0.39 is 0 Å². The van der Waals surface area contributed by atoms with Gasteiger partial charge in [-0.1, -0.05) is 0 Å². The fourth-order valence-corrected chi connectivity index (χ4v) is 2.30. The molecule has 3 aromatic rings. The molecule has 0 saturated carbocycles. The van der Waals surface area contributed by atoms with Gasteiger partial charge in [0.05, 0.1) is 12.8 Å². The predicted octanol–water partition coefficient (Wildman–Crippen LogP) is 2.68. The summed E-state index contributed by atoms with van der Waals surface area (Å²) in [5.41, 5.74) is 3.06. The summed E-state index contributed by atoms with van der Waals surface area (Å²) in [7, 11) is 1.62. The second kappa shape index (κ2) is 4.52. The maximum absolute atomic E-state index is 12.4. The second-order valence-electron chi connectivity index (χ2n) is 4.78. The summed E-state index contributed by atoms with van der Waals surface area (Å²) < 4.78 is 6.60. The number of methoxy groups -OCH3 is 1. The van der Waals surface area contributed by atoms with Crippen LogP contribution in [0, 0.1) is 13.8 Å². The lowest BCUT2D eigenvalue weighted by Crippen LogP contribution is -2.15. The number of aryl methyl sites for hydroxylation is 2. The zero-order valence-electron chi connectivity index (χ0n) is 11.6. The molecule has 0 saturated heterocycles. The van der Waals surface area contributed by atoms with Crippen LogP contribution < -0.4 is 4.74 Å². The van der Waals surface area contributed by atoms with Crippen LogP contribution in [0.3, 0.4) is 0 Å². The first-order valence-corrected chi connectivity index (χ1v) is 6.33. The van der Waals surface area contributed by atoms with Gasteiger partial charge < -0.3 is 9.72 Å². The molecule has 0 unspecified atom stereocenters. The highest BCUT2D eigenvalue weighted by Crippen LogP contribution is 2.22. The summed E-state index contributed by atoms with van der Waals surface area (Å²) in [6, 6.07) is 9.34. The molecule has 2 aromatic heterocycles. The Morgan fingerprint density at radius 2 is 2.05 bits per heavy atom. The number of hydrogen-bond donors (Lipinski definition) is 1. The fourth-order valence-electron chi connectivity index (χ4n) is 2.30. The van der Waals surface area contributed by atoms with Crippen LogP contribution >= 0.6 is 0 Å². The first-order chi connectivity index (χ1) is 9.58. The SMILES string of the molecule is COc1ccc2[nH]c(C(=O)n3nc(C)cc3C)cc2c1. The van der Waals surface area contributed by atoms with E-state index >= 15 is 0 Å². The largest absolute Gasteiger partial charge is 0.497 e. The number of hydrogen-bond acceptors (Lipinski definition) is 3. The van der Waals surface area contributed by atoms with Crippen molar-refractivity contribution in [1.82, 2.24) is 14.8 Å². The highest BCUT2D eigenvalue weighted by molar-refractivity contribution is 5.99. The summed E-state index contributed by atoms with van der Waals surface area (Å²) in [5, 5.41) is 5.15. The number of nitrogens with zero attached hydrogens (tertiary/aromatic N) is 2. The van der Waals surface area contributed by atoms with Gasteiger partial charge in [-0.05, 0) is 44.2 Å². The minimum absolute atomic E-state index is 0.161. The Balaban J connectivity index is 2.05. The molecular weight excluding hydrogens is 254 g/mol.